The van der Waals surface area contributed by atoms with E-state index in [4.69, 9.17) is 4.74 Å². The van der Waals surface area contributed by atoms with Gasteiger partial charge in [-0.3, -0.25) is 0 Å². The largest absolute Gasteiger partial charge is 0.375 e. The quantitative estimate of drug-likeness (QED) is 0.262. The van der Waals surface area contributed by atoms with E-state index in [0.29, 0.717) is 35.5 Å². The average molecular weight is 713 g/mol. The number of ether oxygens (including phenoxy) is 1. The summed E-state index contributed by atoms with van der Waals surface area (Å²) in [7, 11) is -2.55. The summed E-state index contributed by atoms with van der Waals surface area (Å²) in [6.45, 7) is 2.62. The molecule has 16 aliphatic rings. The van der Waals surface area contributed by atoms with Crippen molar-refractivity contribution >= 4 is 9.84 Å². The number of hydrogen-bond acceptors (Lipinski definition) is 5. The van der Waals surface area contributed by atoms with Crippen molar-refractivity contribution < 1.29 is 13.2 Å². The summed E-state index contributed by atoms with van der Waals surface area (Å²) in [4.78, 5) is 0. The van der Waals surface area contributed by atoms with Gasteiger partial charge < -0.3 is 15.4 Å². The van der Waals surface area contributed by atoms with E-state index in [9.17, 15) is 8.42 Å². The molecule has 6 heterocycles. The van der Waals surface area contributed by atoms with E-state index >= 15 is 0 Å². The van der Waals surface area contributed by atoms with Gasteiger partial charge in [-0.15, -0.1) is 0 Å². The molecule has 0 spiro atoms. The molecule has 10 saturated carbocycles. The zero-order valence-electron chi connectivity index (χ0n) is 31.9. The van der Waals surface area contributed by atoms with E-state index in [1.807, 2.05) is 0 Å². The van der Waals surface area contributed by atoms with Crippen LogP contribution >= 0.6 is 0 Å². The molecule has 0 amide bonds. The van der Waals surface area contributed by atoms with Crippen molar-refractivity contribution in [2.24, 2.45) is 59.2 Å². The Balaban J connectivity index is 0.0000000844. The zero-order chi connectivity index (χ0) is 33.9. The molecule has 6 unspecified atom stereocenters. The maximum absolute atomic E-state index is 10.7. The first-order valence-corrected chi connectivity index (χ1v) is 24.6. The van der Waals surface area contributed by atoms with Crippen molar-refractivity contribution in [1.29, 1.82) is 0 Å². The summed E-state index contributed by atoms with van der Waals surface area (Å²) in [5.41, 5.74) is 0. The van der Waals surface area contributed by atoms with Crippen molar-refractivity contribution in [2.75, 3.05) is 24.6 Å². The Labute approximate surface area is 307 Å². The van der Waals surface area contributed by atoms with Crippen molar-refractivity contribution in [3.8, 4) is 0 Å². The van der Waals surface area contributed by atoms with E-state index < -0.39 is 9.84 Å². The van der Waals surface area contributed by atoms with Crippen LogP contribution in [0, 0.1) is 59.2 Å². The third-order valence-corrected chi connectivity index (χ3v) is 18.1. The molecule has 5 nitrogen and oxygen atoms in total. The topological polar surface area (TPSA) is 67.4 Å². The minimum Gasteiger partial charge on any atom is -0.375 e. The molecule has 0 aromatic carbocycles. The summed E-state index contributed by atoms with van der Waals surface area (Å²) in [5.74, 6) is 11.3. The summed E-state index contributed by atoms with van der Waals surface area (Å²) in [6, 6.07) is 1.84. The maximum atomic E-state index is 10.7. The van der Waals surface area contributed by atoms with Gasteiger partial charge >= 0.3 is 0 Å². The second-order valence-corrected chi connectivity index (χ2v) is 22.3. The number of nitrogens with one attached hydrogen (secondary N) is 2. The molecule has 6 heteroatoms. The van der Waals surface area contributed by atoms with Gasteiger partial charge in [-0.05, 0) is 143 Å². The molecule has 6 saturated heterocycles. The Morgan fingerprint density at radius 1 is 0.400 bits per heavy atom. The van der Waals surface area contributed by atoms with Crippen LogP contribution in [0.3, 0.4) is 0 Å². The minimum absolute atomic E-state index is 0.484. The Kier molecular flexibility index (Phi) is 12.6. The molecule has 286 valence electrons. The fraction of sp³-hybridized carbons (Fsp3) is 1.00. The first kappa shape index (κ1) is 36.8. The molecular weight excluding hydrogens is 637 g/mol. The lowest BCUT2D eigenvalue weighted by Crippen LogP contribution is -2.21. The second kappa shape index (κ2) is 17.1. The number of rotatable bonds is 0. The van der Waals surface area contributed by atoms with Gasteiger partial charge in [0.2, 0.25) is 0 Å². The smallest absolute Gasteiger partial charge is 0.150 e. The monoisotopic (exact) mass is 713 g/mol. The summed E-state index contributed by atoms with van der Waals surface area (Å²) >= 11 is 0. The zero-order valence-corrected chi connectivity index (χ0v) is 32.7. The molecular formula is C44H76N2O3S. The lowest BCUT2D eigenvalue weighted by Gasteiger charge is -2.35. The number of piperidine rings is 1. The average Bonchev–Trinajstić information content (AvgIpc) is 3.75. The van der Waals surface area contributed by atoms with Gasteiger partial charge in [0.15, 0.2) is 9.84 Å². The van der Waals surface area contributed by atoms with Gasteiger partial charge in [0.25, 0.3) is 0 Å². The summed E-state index contributed by atoms with van der Waals surface area (Å²) in [5, 5.41) is 6.85. The third-order valence-electron chi connectivity index (χ3n) is 16.2. The number of sulfone groups is 1. The Morgan fingerprint density at radius 2 is 0.760 bits per heavy atom. The van der Waals surface area contributed by atoms with Crippen LogP contribution in [0.5, 0.6) is 0 Å². The predicted molar refractivity (Wildman–Crippen MR) is 206 cm³/mol. The minimum atomic E-state index is -2.55. The summed E-state index contributed by atoms with van der Waals surface area (Å²) < 4.78 is 26.8. The summed E-state index contributed by atoms with van der Waals surface area (Å²) in [6.07, 6.45) is 40.2. The fourth-order valence-corrected chi connectivity index (χ4v) is 14.5. The van der Waals surface area contributed by atoms with E-state index in [1.54, 1.807) is 96.3 Å². The number of fused-ring (bicyclic) bond motifs is 13. The molecule has 16 rings (SSSR count). The Morgan fingerprint density at radius 3 is 0.900 bits per heavy atom. The van der Waals surface area contributed by atoms with Gasteiger partial charge in [0.05, 0.1) is 23.7 Å². The van der Waals surface area contributed by atoms with Gasteiger partial charge in [-0.2, -0.15) is 0 Å². The SMILES string of the molecule is C1CC2CC2C1.C1CC2CCC1CC2.C1CC2CCC1CC2.C1CC2CCC1N2.C1CC2CCC1O2.C1NCC2CC12.O=S1(=O)CC2CC2C1. The maximum Gasteiger partial charge on any atom is 0.150 e. The van der Waals surface area contributed by atoms with Crippen LogP contribution in [0.25, 0.3) is 0 Å². The molecule has 0 aromatic heterocycles. The lowest BCUT2D eigenvalue weighted by molar-refractivity contribution is 0.105. The van der Waals surface area contributed by atoms with Crippen LogP contribution in [0.1, 0.15) is 167 Å². The third kappa shape index (κ3) is 11.0. The van der Waals surface area contributed by atoms with E-state index in [-0.39, 0.29) is 0 Å². The van der Waals surface area contributed by atoms with Crippen molar-refractivity contribution in [2.45, 2.75) is 191 Å². The van der Waals surface area contributed by atoms with Crippen LogP contribution in [-0.2, 0) is 14.6 Å². The van der Waals surface area contributed by atoms with Crippen LogP contribution in [0.2, 0.25) is 0 Å². The molecule has 0 radical (unpaired) electrons. The molecule has 6 aliphatic heterocycles. The molecule has 50 heavy (non-hydrogen) atoms. The van der Waals surface area contributed by atoms with E-state index in [2.05, 4.69) is 10.6 Å². The van der Waals surface area contributed by atoms with E-state index in [1.165, 1.54) is 95.6 Å². The van der Waals surface area contributed by atoms with Crippen molar-refractivity contribution in [3.63, 3.8) is 0 Å². The Hall–Kier alpha value is -0.170. The van der Waals surface area contributed by atoms with Gasteiger partial charge in [-0.1, -0.05) is 96.3 Å². The normalized spacial score (nSPS) is 48.1. The molecule has 10 aliphatic carbocycles. The molecule has 2 N–H and O–H groups in total. The van der Waals surface area contributed by atoms with Crippen LogP contribution < -0.4 is 10.6 Å². The van der Waals surface area contributed by atoms with Gasteiger partial charge in [-0.25, -0.2) is 8.42 Å². The molecule has 8 bridgehead atoms. The fourth-order valence-electron chi connectivity index (χ4n) is 12.3. The van der Waals surface area contributed by atoms with Crippen LogP contribution in [0.15, 0.2) is 0 Å². The molecule has 16 fully saturated rings. The highest BCUT2D eigenvalue weighted by Crippen LogP contribution is 2.51. The highest BCUT2D eigenvalue weighted by atomic mass is 32.2. The number of hydrogen-bond donors (Lipinski definition) is 2. The van der Waals surface area contributed by atoms with Crippen LogP contribution in [0.4, 0.5) is 0 Å². The molecule has 6 atom stereocenters. The first-order valence-electron chi connectivity index (χ1n) is 22.7. The second-order valence-electron chi connectivity index (χ2n) is 20.1. The predicted octanol–water partition coefficient (Wildman–Crippen LogP) is 9.48. The molecule has 0 aromatic rings. The van der Waals surface area contributed by atoms with Crippen molar-refractivity contribution in [3.05, 3.63) is 0 Å². The standard InChI is InChI=1S/2C8H14.C6H11N.C6H10O.C6H10.C5H9N.C5H8O2S/c2*1-2-8-5-3-7(1)4-6-8;2*1-2-6-4-3-5(1)7-6;1-2-5-4-6(5)3-1;1-4-2-6-3-5(1)4;6-8(7)2-4-1-5(4)3-8/h2*7-8H,1-6H2;5-7H,1-4H2;5-6H,1-4H2;5-6H,1-4H2;4-6H,1-3H2;4-5H,1-3H2. The lowest BCUT2D eigenvalue weighted by atomic mass is 9.71. The Bertz CT molecular complexity index is 982. The van der Waals surface area contributed by atoms with Crippen molar-refractivity contribution in [1.82, 2.24) is 10.6 Å². The van der Waals surface area contributed by atoms with E-state index in [0.717, 1.165) is 47.6 Å². The first-order chi connectivity index (χ1) is 24.4. The van der Waals surface area contributed by atoms with Gasteiger partial charge in [0, 0.05) is 12.1 Å². The van der Waals surface area contributed by atoms with Gasteiger partial charge in [0.1, 0.15) is 0 Å². The highest BCUT2D eigenvalue weighted by molar-refractivity contribution is 7.91. The highest BCUT2D eigenvalue weighted by Gasteiger charge is 2.49. The van der Waals surface area contributed by atoms with Crippen LogP contribution in [-0.4, -0.2) is 57.3 Å².